The number of nitrogens with zero attached hydrogens (tertiary/aromatic N) is 1. The molecule has 1 aromatic heterocycles. The number of pyridine rings is 1. The summed E-state index contributed by atoms with van der Waals surface area (Å²) in [5.41, 5.74) is 2.67. The van der Waals surface area contributed by atoms with E-state index < -0.39 is 0 Å². The van der Waals surface area contributed by atoms with Crippen molar-refractivity contribution in [2.24, 2.45) is 0 Å². The van der Waals surface area contributed by atoms with Crippen molar-refractivity contribution in [2.75, 3.05) is 5.32 Å². The number of amides is 1. The van der Waals surface area contributed by atoms with Crippen LogP contribution in [0.3, 0.4) is 0 Å². The minimum absolute atomic E-state index is 0.0283. The van der Waals surface area contributed by atoms with E-state index in [9.17, 15) is 9.59 Å². The Bertz CT molecular complexity index is 621. The monoisotopic (exact) mass is 254 g/mol. The van der Waals surface area contributed by atoms with E-state index in [2.05, 4.69) is 10.3 Å². The Hall–Kier alpha value is -2.49. The van der Waals surface area contributed by atoms with Crippen LogP contribution in [0, 0.1) is 6.92 Å². The molecule has 0 spiro atoms. The molecule has 1 aromatic carbocycles. The van der Waals surface area contributed by atoms with Gasteiger partial charge in [0, 0.05) is 29.2 Å². The molecule has 0 aliphatic rings. The van der Waals surface area contributed by atoms with Crippen molar-refractivity contribution < 1.29 is 9.59 Å². The standard InChI is InChI=1S/C15H14N2O2/c1-10-3-4-13(11(2)18)9-14(10)17-15(19)12-5-7-16-8-6-12/h3-9H,1-2H3,(H,17,19). The van der Waals surface area contributed by atoms with Crippen LogP contribution in [0.5, 0.6) is 0 Å². The molecule has 1 amide bonds. The van der Waals surface area contributed by atoms with Gasteiger partial charge in [-0.25, -0.2) is 0 Å². The van der Waals surface area contributed by atoms with Crippen LogP contribution < -0.4 is 5.32 Å². The Morgan fingerprint density at radius 3 is 2.37 bits per heavy atom. The summed E-state index contributed by atoms with van der Waals surface area (Å²) in [6.07, 6.45) is 3.13. The predicted molar refractivity (Wildman–Crippen MR) is 73.4 cm³/mol. The summed E-state index contributed by atoms with van der Waals surface area (Å²) in [5, 5.41) is 2.80. The summed E-state index contributed by atoms with van der Waals surface area (Å²) in [5.74, 6) is -0.245. The van der Waals surface area contributed by atoms with Gasteiger partial charge in [0.15, 0.2) is 5.78 Å². The number of carbonyl (C=O) groups is 2. The summed E-state index contributed by atoms with van der Waals surface area (Å²) in [6, 6.07) is 8.54. The second-order valence-corrected chi connectivity index (χ2v) is 4.28. The molecule has 0 atom stereocenters. The highest BCUT2D eigenvalue weighted by molar-refractivity contribution is 6.05. The summed E-state index contributed by atoms with van der Waals surface area (Å²) in [7, 11) is 0. The summed E-state index contributed by atoms with van der Waals surface area (Å²) >= 11 is 0. The van der Waals surface area contributed by atoms with Gasteiger partial charge in [-0.05, 0) is 37.6 Å². The Balaban J connectivity index is 2.26. The third-order valence-electron chi connectivity index (χ3n) is 2.83. The van der Waals surface area contributed by atoms with Crippen LogP contribution >= 0.6 is 0 Å². The van der Waals surface area contributed by atoms with Gasteiger partial charge in [0.1, 0.15) is 0 Å². The lowest BCUT2D eigenvalue weighted by Crippen LogP contribution is -2.13. The van der Waals surface area contributed by atoms with Crippen molar-refractivity contribution in [3.63, 3.8) is 0 Å². The first kappa shape index (κ1) is 13.0. The zero-order chi connectivity index (χ0) is 13.8. The Morgan fingerprint density at radius 1 is 1.05 bits per heavy atom. The van der Waals surface area contributed by atoms with Gasteiger partial charge in [-0.3, -0.25) is 14.6 Å². The predicted octanol–water partition coefficient (Wildman–Crippen LogP) is 2.84. The molecular weight excluding hydrogens is 240 g/mol. The average molecular weight is 254 g/mol. The van der Waals surface area contributed by atoms with Gasteiger partial charge in [0.05, 0.1) is 0 Å². The lowest BCUT2D eigenvalue weighted by atomic mass is 10.1. The fourth-order valence-corrected chi connectivity index (χ4v) is 1.67. The van der Waals surface area contributed by atoms with Crippen LogP contribution in [0.1, 0.15) is 33.2 Å². The molecule has 2 rings (SSSR count). The molecular formula is C15H14N2O2. The van der Waals surface area contributed by atoms with E-state index in [0.717, 1.165) is 5.56 Å². The molecule has 0 unspecified atom stereocenters. The molecule has 0 saturated carbocycles. The second-order valence-electron chi connectivity index (χ2n) is 4.28. The van der Waals surface area contributed by atoms with Crippen molar-refractivity contribution in [1.82, 2.24) is 4.98 Å². The minimum Gasteiger partial charge on any atom is -0.322 e. The number of Topliss-reactive ketones (excluding diaryl/α,β-unsaturated/α-hetero) is 1. The van der Waals surface area contributed by atoms with Crippen LogP contribution in [-0.4, -0.2) is 16.7 Å². The first-order chi connectivity index (χ1) is 9.08. The van der Waals surface area contributed by atoms with Gasteiger partial charge < -0.3 is 5.32 Å². The van der Waals surface area contributed by atoms with E-state index in [1.165, 1.54) is 6.92 Å². The number of benzene rings is 1. The van der Waals surface area contributed by atoms with Crippen molar-refractivity contribution in [2.45, 2.75) is 13.8 Å². The minimum atomic E-state index is -0.216. The number of hydrogen-bond donors (Lipinski definition) is 1. The number of ketones is 1. The number of aromatic nitrogens is 1. The summed E-state index contributed by atoms with van der Waals surface area (Å²) in [6.45, 7) is 3.38. The average Bonchev–Trinajstić information content (AvgIpc) is 2.42. The van der Waals surface area contributed by atoms with Gasteiger partial charge in [0.2, 0.25) is 0 Å². The Kier molecular flexibility index (Phi) is 3.71. The van der Waals surface area contributed by atoms with Crippen LogP contribution in [0.25, 0.3) is 0 Å². The van der Waals surface area contributed by atoms with Crippen LogP contribution in [0.2, 0.25) is 0 Å². The van der Waals surface area contributed by atoms with Crippen molar-refractivity contribution in [1.29, 1.82) is 0 Å². The van der Waals surface area contributed by atoms with Gasteiger partial charge >= 0.3 is 0 Å². The molecule has 0 aliphatic carbocycles. The van der Waals surface area contributed by atoms with E-state index in [1.807, 2.05) is 13.0 Å². The highest BCUT2D eigenvalue weighted by Crippen LogP contribution is 2.18. The van der Waals surface area contributed by atoms with Crippen LogP contribution in [0.15, 0.2) is 42.7 Å². The quantitative estimate of drug-likeness (QED) is 0.857. The van der Waals surface area contributed by atoms with E-state index in [0.29, 0.717) is 16.8 Å². The Morgan fingerprint density at radius 2 is 1.74 bits per heavy atom. The summed E-state index contributed by atoms with van der Waals surface area (Å²) < 4.78 is 0. The first-order valence-corrected chi connectivity index (χ1v) is 5.91. The molecule has 0 saturated heterocycles. The van der Waals surface area contributed by atoms with E-state index >= 15 is 0 Å². The van der Waals surface area contributed by atoms with Crippen LogP contribution in [0.4, 0.5) is 5.69 Å². The SMILES string of the molecule is CC(=O)c1ccc(C)c(NC(=O)c2ccncc2)c1. The molecule has 0 bridgehead atoms. The van der Waals surface area contributed by atoms with Crippen molar-refractivity contribution in [3.05, 3.63) is 59.4 Å². The van der Waals surface area contributed by atoms with Gasteiger partial charge in [-0.15, -0.1) is 0 Å². The van der Waals surface area contributed by atoms with E-state index in [1.54, 1.807) is 36.7 Å². The smallest absolute Gasteiger partial charge is 0.255 e. The molecule has 2 aromatic rings. The normalized spacial score (nSPS) is 10.0. The molecule has 4 heteroatoms. The molecule has 96 valence electrons. The van der Waals surface area contributed by atoms with Crippen molar-refractivity contribution in [3.8, 4) is 0 Å². The number of hydrogen-bond acceptors (Lipinski definition) is 3. The number of aryl methyl sites for hydroxylation is 1. The molecule has 4 nitrogen and oxygen atoms in total. The van der Waals surface area contributed by atoms with Crippen molar-refractivity contribution >= 4 is 17.4 Å². The maximum Gasteiger partial charge on any atom is 0.255 e. The lowest BCUT2D eigenvalue weighted by molar-refractivity contribution is 0.101. The van der Waals surface area contributed by atoms with E-state index in [-0.39, 0.29) is 11.7 Å². The van der Waals surface area contributed by atoms with Crippen LogP contribution in [-0.2, 0) is 0 Å². The first-order valence-electron chi connectivity index (χ1n) is 5.91. The number of nitrogens with one attached hydrogen (secondary N) is 1. The van der Waals surface area contributed by atoms with Gasteiger partial charge in [-0.2, -0.15) is 0 Å². The highest BCUT2D eigenvalue weighted by Gasteiger charge is 2.09. The molecule has 0 fully saturated rings. The van der Waals surface area contributed by atoms with Gasteiger partial charge in [0.25, 0.3) is 5.91 Å². The van der Waals surface area contributed by atoms with Gasteiger partial charge in [-0.1, -0.05) is 12.1 Å². The third-order valence-corrected chi connectivity index (χ3v) is 2.83. The fourth-order valence-electron chi connectivity index (χ4n) is 1.67. The largest absolute Gasteiger partial charge is 0.322 e. The number of rotatable bonds is 3. The second kappa shape index (κ2) is 5.44. The molecule has 1 N–H and O–H groups in total. The zero-order valence-electron chi connectivity index (χ0n) is 10.8. The molecule has 0 aliphatic heterocycles. The molecule has 0 radical (unpaired) electrons. The maximum absolute atomic E-state index is 12.0. The maximum atomic E-state index is 12.0. The van der Waals surface area contributed by atoms with E-state index in [4.69, 9.17) is 0 Å². The fraction of sp³-hybridized carbons (Fsp3) is 0.133. The Labute approximate surface area is 111 Å². The summed E-state index contributed by atoms with van der Waals surface area (Å²) in [4.78, 5) is 27.2. The highest BCUT2D eigenvalue weighted by atomic mass is 16.1. The molecule has 19 heavy (non-hydrogen) atoms. The number of anilines is 1. The topological polar surface area (TPSA) is 59.1 Å². The third kappa shape index (κ3) is 3.04. The molecule has 1 heterocycles. The number of carbonyl (C=O) groups excluding carboxylic acids is 2. The zero-order valence-corrected chi connectivity index (χ0v) is 10.8. The lowest BCUT2D eigenvalue weighted by Gasteiger charge is -2.09.